The van der Waals surface area contributed by atoms with Crippen LogP contribution in [0.2, 0.25) is 0 Å². The summed E-state index contributed by atoms with van der Waals surface area (Å²) >= 11 is 0. The Morgan fingerprint density at radius 1 is 1.28 bits per heavy atom. The van der Waals surface area contributed by atoms with Gasteiger partial charge in [0.15, 0.2) is 0 Å². The minimum absolute atomic E-state index is 0.0372. The fourth-order valence-electron chi connectivity index (χ4n) is 1.57. The third-order valence-electron chi connectivity index (χ3n) is 2.73. The summed E-state index contributed by atoms with van der Waals surface area (Å²) in [7, 11) is -1.69. The van der Waals surface area contributed by atoms with Crippen LogP contribution in [0.5, 0.6) is 0 Å². The van der Waals surface area contributed by atoms with E-state index in [4.69, 9.17) is 0 Å². The molecule has 1 fully saturated rings. The highest BCUT2D eigenvalue weighted by Crippen LogP contribution is 1.98. The molecule has 0 bridgehead atoms. The molecule has 0 radical (unpaired) electrons. The van der Waals surface area contributed by atoms with E-state index in [2.05, 4.69) is 5.32 Å². The van der Waals surface area contributed by atoms with E-state index in [1.165, 1.54) is 11.9 Å². The Labute approximate surface area is 107 Å². The van der Waals surface area contributed by atoms with Gasteiger partial charge < -0.3 is 15.1 Å². The molecule has 1 aliphatic rings. The summed E-state index contributed by atoms with van der Waals surface area (Å²) in [5.74, 6) is -1.35. The number of hydrogen-bond donors (Lipinski definition) is 1. The van der Waals surface area contributed by atoms with E-state index < -0.39 is 21.7 Å². The summed E-state index contributed by atoms with van der Waals surface area (Å²) in [6.45, 7) is 2.39. The quantitative estimate of drug-likeness (QED) is 0.598. The third kappa shape index (κ3) is 4.61. The molecule has 1 heterocycles. The zero-order valence-corrected chi connectivity index (χ0v) is 11.5. The number of carbonyl (C=O) groups is 2. The van der Waals surface area contributed by atoms with Crippen LogP contribution in [0.15, 0.2) is 0 Å². The maximum atomic E-state index is 11.8. The number of nitrogens with zero attached hydrogens (tertiary/aromatic N) is 2. The van der Waals surface area contributed by atoms with Gasteiger partial charge in [-0.2, -0.15) is 0 Å². The highest BCUT2D eigenvalue weighted by atomic mass is 32.2. The van der Waals surface area contributed by atoms with Gasteiger partial charge in [0.05, 0.1) is 5.75 Å². The monoisotopic (exact) mass is 277 g/mol. The van der Waals surface area contributed by atoms with Crippen LogP contribution in [0.3, 0.4) is 0 Å². The first kappa shape index (κ1) is 14.9. The SMILES string of the molecule is CN(CCS(C)(=O)=O)C(=O)C(=O)N1CCNCC1. The Morgan fingerprint density at radius 2 is 1.83 bits per heavy atom. The average Bonchev–Trinajstić information content (AvgIpc) is 2.34. The fourth-order valence-corrected chi connectivity index (χ4v) is 2.18. The molecule has 1 aliphatic heterocycles. The molecule has 7 nitrogen and oxygen atoms in total. The zero-order valence-electron chi connectivity index (χ0n) is 10.7. The summed E-state index contributed by atoms with van der Waals surface area (Å²) in [4.78, 5) is 26.2. The molecule has 1 rings (SSSR count). The molecule has 1 N–H and O–H groups in total. The Bertz CT molecular complexity index is 415. The lowest BCUT2D eigenvalue weighted by Crippen LogP contribution is -2.51. The van der Waals surface area contributed by atoms with Crippen molar-refractivity contribution in [2.75, 3.05) is 51.8 Å². The number of likely N-dealkylation sites (N-methyl/N-ethyl adjacent to an activating group) is 1. The second-order valence-electron chi connectivity index (χ2n) is 4.40. The van der Waals surface area contributed by atoms with Crippen molar-refractivity contribution >= 4 is 21.7 Å². The van der Waals surface area contributed by atoms with Crippen LogP contribution in [0, 0.1) is 0 Å². The predicted molar refractivity (Wildman–Crippen MR) is 66.8 cm³/mol. The number of carbonyl (C=O) groups excluding carboxylic acids is 2. The largest absolute Gasteiger partial charge is 0.336 e. The van der Waals surface area contributed by atoms with Gasteiger partial charge in [-0.15, -0.1) is 0 Å². The van der Waals surface area contributed by atoms with Crippen LogP contribution in [0.4, 0.5) is 0 Å². The molecule has 8 heteroatoms. The van der Waals surface area contributed by atoms with Crippen molar-refractivity contribution in [3.63, 3.8) is 0 Å². The Hall–Kier alpha value is -1.15. The summed E-state index contributed by atoms with van der Waals surface area (Å²) in [5, 5.41) is 3.08. The molecule has 1 saturated heterocycles. The van der Waals surface area contributed by atoms with Crippen molar-refractivity contribution in [1.29, 1.82) is 0 Å². The maximum absolute atomic E-state index is 11.8. The van der Waals surface area contributed by atoms with Crippen LogP contribution >= 0.6 is 0 Å². The van der Waals surface area contributed by atoms with E-state index in [1.54, 1.807) is 0 Å². The van der Waals surface area contributed by atoms with Crippen LogP contribution < -0.4 is 5.32 Å². The van der Waals surface area contributed by atoms with Gasteiger partial charge in [0, 0.05) is 46.0 Å². The van der Waals surface area contributed by atoms with Crippen LogP contribution in [-0.4, -0.2) is 81.8 Å². The highest BCUT2D eigenvalue weighted by molar-refractivity contribution is 7.90. The van der Waals surface area contributed by atoms with Gasteiger partial charge in [-0.25, -0.2) is 8.42 Å². The average molecular weight is 277 g/mol. The van der Waals surface area contributed by atoms with Crippen LogP contribution in [0.25, 0.3) is 0 Å². The number of rotatable bonds is 3. The molecule has 2 amide bonds. The van der Waals surface area contributed by atoms with Crippen molar-refractivity contribution in [3.05, 3.63) is 0 Å². The Morgan fingerprint density at radius 3 is 2.33 bits per heavy atom. The zero-order chi connectivity index (χ0) is 13.8. The summed E-state index contributed by atoms with van der Waals surface area (Å²) in [6.07, 6.45) is 1.10. The van der Waals surface area contributed by atoms with Crippen molar-refractivity contribution < 1.29 is 18.0 Å². The predicted octanol–water partition coefficient (Wildman–Crippen LogP) is -2.08. The topological polar surface area (TPSA) is 86.8 Å². The molecule has 0 unspecified atom stereocenters. The number of hydrogen-bond acceptors (Lipinski definition) is 5. The van der Waals surface area contributed by atoms with Crippen molar-refractivity contribution in [2.24, 2.45) is 0 Å². The van der Waals surface area contributed by atoms with E-state index in [0.717, 1.165) is 11.2 Å². The van der Waals surface area contributed by atoms with Crippen molar-refractivity contribution in [1.82, 2.24) is 15.1 Å². The van der Waals surface area contributed by atoms with Gasteiger partial charge >= 0.3 is 11.8 Å². The first-order chi connectivity index (χ1) is 8.31. The molecule has 0 aromatic carbocycles. The number of nitrogens with one attached hydrogen (secondary N) is 1. The van der Waals surface area contributed by atoms with Crippen molar-refractivity contribution in [2.45, 2.75) is 0 Å². The molecular weight excluding hydrogens is 258 g/mol. The lowest BCUT2D eigenvalue weighted by atomic mass is 10.3. The molecule has 0 aromatic rings. The second kappa shape index (κ2) is 6.14. The van der Waals surface area contributed by atoms with Gasteiger partial charge in [-0.3, -0.25) is 9.59 Å². The first-order valence-corrected chi connectivity index (χ1v) is 7.80. The number of sulfone groups is 1. The summed E-state index contributed by atoms with van der Waals surface area (Å²) in [5.41, 5.74) is 0. The van der Waals surface area contributed by atoms with E-state index in [-0.39, 0.29) is 12.3 Å². The molecule has 0 aliphatic carbocycles. The molecule has 0 aromatic heterocycles. The van der Waals surface area contributed by atoms with Gasteiger partial charge in [0.1, 0.15) is 9.84 Å². The smallest absolute Gasteiger partial charge is 0.312 e. The number of amides is 2. The van der Waals surface area contributed by atoms with E-state index in [9.17, 15) is 18.0 Å². The molecule has 104 valence electrons. The van der Waals surface area contributed by atoms with E-state index in [1.807, 2.05) is 0 Å². The Balaban J connectivity index is 2.49. The number of piperazine rings is 1. The summed E-state index contributed by atoms with van der Waals surface area (Å²) in [6, 6.07) is 0. The second-order valence-corrected chi connectivity index (χ2v) is 6.66. The van der Waals surface area contributed by atoms with E-state index >= 15 is 0 Å². The first-order valence-electron chi connectivity index (χ1n) is 5.74. The van der Waals surface area contributed by atoms with Crippen molar-refractivity contribution in [3.8, 4) is 0 Å². The van der Waals surface area contributed by atoms with Gasteiger partial charge in [-0.1, -0.05) is 0 Å². The van der Waals surface area contributed by atoms with Gasteiger partial charge in [-0.05, 0) is 0 Å². The minimum atomic E-state index is -3.13. The standard InChI is InChI=1S/C10H19N3O4S/c1-12(7-8-18(2,16)17)9(14)10(15)13-5-3-11-4-6-13/h11H,3-8H2,1-2H3. The molecule has 0 spiro atoms. The third-order valence-corrected chi connectivity index (χ3v) is 3.66. The molecule has 18 heavy (non-hydrogen) atoms. The molecule has 0 atom stereocenters. The van der Waals surface area contributed by atoms with E-state index in [0.29, 0.717) is 26.2 Å². The highest BCUT2D eigenvalue weighted by Gasteiger charge is 2.26. The Kier molecular flexibility index (Phi) is 5.09. The summed E-state index contributed by atoms with van der Waals surface area (Å²) < 4.78 is 22.0. The minimum Gasteiger partial charge on any atom is -0.336 e. The maximum Gasteiger partial charge on any atom is 0.312 e. The lowest BCUT2D eigenvalue weighted by molar-refractivity contribution is -0.151. The lowest BCUT2D eigenvalue weighted by Gasteiger charge is -2.28. The van der Waals surface area contributed by atoms with Crippen LogP contribution in [0.1, 0.15) is 0 Å². The fraction of sp³-hybridized carbons (Fsp3) is 0.800. The normalized spacial score (nSPS) is 16.4. The van der Waals surface area contributed by atoms with Gasteiger partial charge in [0.2, 0.25) is 0 Å². The molecular formula is C10H19N3O4S. The molecule has 0 saturated carbocycles. The van der Waals surface area contributed by atoms with Crippen LogP contribution in [-0.2, 0) is 19.4 Å². The van der Waals surface area contributed by atoms with Gasteiger partial charge in [0.25, 0.3) is 0 Å².